The van der Waals surface area contributed by atoms with Crippen molar-refractivity contribution in [3.8, 4) is 0 Å². The second kappa shape index (κ2) is 3.81. The van der Waals surface area contributed by atoms with E-state index < -0.39 is 0 Å². The third-order valence-electron chi connectivity index (χ3n) is 2.44. The van der Waals surface area contributed by atoms with Crippen molar-refractivity contribution in [2.45, 2.75) is 5.16 Å². The van der Waals surface area contributed by atoms with E-state index in [1.165, 1.54) is 18.0 Å². The number of nitrogens with zero attached hydrogens (tertiary/aromatic N) is 4. The number of pyridine rings is 1. The van der Waals surface area contributed by atoms with E-state index in [0.29, 0.717) is 21.8 Å². The third-order valence-corrected chi connectivity index (χ3v) is 3.00. The maximum Gasteiger partial charge on any atom is 0.284 e. The van der Waals surface area contributed by atoms with Crippen LogP contribution in [0.4, 0.5) is 0 Å². The molecule has 0 spiro atoms. The highest BCUT2D eigenvalue weighted by Gasteiger charge is 2.07. The minimum atomic E-state index is -0.293. The van der Waals surface area contributed by atoms with Gasteiger partial charge in [0.15, 0.2) is 10.8 Å². The minimum absolute atomic E-state index is 0.293. The van der Waals surface area contributed by atoms with Crippen LogP contribution in [0.3, 0.4) is 0 Å². The molecule has 0 N–H and O–H groups in total. The van der Waals surface area contributed by atoms with Gasteiger partial charge in [0.2, 0.25) is 0 Å². The van der Waals surface area contributed by atoms with Gasteiger partial charge in [-0.3, -0.25) is 9.20 Å². The molecule has 0 saturated heterocycles. The van der Waals surface area contributed by atoms with Crippen LogP contribution in [0.1, 0.15) is 0 Å². The Morgan fingerprint density at radius 2 is 2.18 bits per heavy atom. The summed E-state index contributed by atoms with van der Waals surface area (Å²) in [6, 6.07) is 5.49. The topological polar surface area (TPSA) is 60.2 Å². The van der Waals surface area contributed by atoms with Gasteiger partial charge in [0.05, 0.1) is 0 Å². The highest BCUT2D eigenvalue weighted by molar-refractivity contribution is 7.98. The van der Waals surface area contributed by atoms with Crippen LogP contribution in [0.15, 0.2) is 40.5 Å². The summed E-state index contributed by atoms with van der Waals surface area (Å²) >= 11 is 1.44. The lowest BCUT2D eigenvalue weighted by molar-refractivity contribution is 0.965. The fourth-order valence-corrected chi connectivity index (χ4v) is 1.99. The van der Waals surface area contributed by atoms with Crippen molar-refractivity contribution in [1.82, 2.24) is 19.4 Å². The summed E-state index contributed by atoms with van der Waals surface area (Å²) in [5.41, 5.74) is 0.898. The van der Waals surface area contributed by atoms with E-state index in [0.717, 1.165) is 0 Å². The van der Waals surface area contributed by atoms with Gasteiger partial charge in [-0.1, -0.05) is 17.8 Å². The van der Waals surface area contributed by atoms with Crippen LogP contribution >= 0.6 is 11.8 Å². The number of fused-ring (bicyclic) bond motifs is 3. The average Bonchev–Trinajstić information content (AvgIpc) is 2.38. The quantitative estimate of drug-likeness (QED) is 0.367. The number of rotatable bonds is 1. The Labute approximate surface area is 101 Å². The Bertz CT molecular complexity index is 768. The van der Waals surface area contributed by atoms with Gasteiger partial charge in [0.1, 0.15) is 11.0 Å². The van der Waals surface area contributed by atoms with E-state index in [4.69, 9.17) is 0 Å². The molecule has 0 amide bonds. The molecule has 5 nitrogen and oxygen atoms in total. The number of aromatic nitrogens is 4. The molecule has 0 fully saturated rings. The van der Waals surface area contributed by atoms with Crippen LogP contribution in [0.5, 0.6) is 0 Å². The van der Waals surface area contributed by atoms with Crippen molar-refractivity contribution in [3.05, 3.63) is 40.9 Å². The minimum Gasteiger partial charge on any atom is -0.285 e. The van der Waals surface area contributed by atoms with E-state index >= 15 is 0 Å². The lowest BCUT2D eigenvalue weighted by Crippen LogP contribution is -2.12. The molecule has 0 unspecified atom stereocenters. The molecule has 0 aromatic carbocycles. The SMILES string of the molecule is CSc1ncc2c(=O)nc3ccccn3c2n1. The molecule has 17 heavy (non-hydrogen) atoms. The van der Waals surface area contributed by atoms with E-state index in [2.05, 4.69) is 15.0 Å². The molecular weight excluding hydrogens is 236 g/mol. The van der Waals surface area contributed by atoms with Crippen LogP contribution in [0, 0.1) is 0 Å². The Morgan fingerprint density at radius 1 is 1.29 bits per heavy atom. The Morgan fingerprint density at radius 3 is 3.00 bits per heavy atom. The number of hydrogen-bond donors (Lipinski definition) is 0. The van der Waals surface area contributed by atoms with Crippen molar-refractivity contribution in [3.63, 3.8) is 0 Å². The van der Waals surface area contributed by atoms with Crippen LogP contribution < -0.4 is 5.56 Å². The van der Waals surface area contributed by atoms with E-state index in [1.807, 2.05) is 24.6 Å². The van der Waals surface area contributed by atoms with Gasteiger partial charge < -0.3 is 0 Å². The summed E-state index contributed by atoms with van der Waals surface area (Å²) in [6.07, 6.45) is 5.26. The number of thioether (sulfide) groups is 1. The maximum atomic E-state index is 11.8. The molecule has 3 aromatic rings. The second-order valence-electron chi connectivity index (χ2n) is 3.44. The molecule has 0 aliphatic carbocycles. The molecule has 3 heterocycles. The van der Waals surface area contributed by atoms with Gasteiger partial charge in [-0.25, -0.2) is 9.97 Å². The van der Waals surface area contributed by atoms with Gasteiger partial charge >= 0.3 is 0 Å². The molecule has 0 atom stereocenters. The second-order valence-corrected chi connectivity index (χ2v) is 4.21. The lowest BCUT2D eigenvalue weighted by atomic mass is 10.4. The third kappa shape index (κ3) is 1.57. The summed E-state index contributed by atoms with van der Waals surface area (Å²) in [5.74, 6) is 0. The molecule has 3 aromatic heterocycles. The first-order valence-corrected chi connectivity index (χ1v) is 6.20. The smallest absolute Gasteiger partial charge is 0.284 e. The normalized spacial score (nSPS) is 11.1. The van der Waals surface area contributed by atoms with Gasteiger partial charge in [-0.2, -0.15) is 4.98 Å². The predicted octanol–water partition coefficient (Wildman–Crippen LogP) is 1.36. The van der Waals surface area contributed by atoms with E-state index in [9.17, 15) is 4.79 Å². The van der Waals surface area contributed by atoms with Gasteiger partial charge in [-0.05, 0) is 18.4 Å². The molecule has 84 valence electrons. The fraction of sp³-hybridized carbons (Fsp3) is 0.0909. The van der Waals surface area contributed by atoms with E-state index in [1.54, 1.807) is 10.5 Å². The predicted molar refractivity (Wildman–Crippen MR) is 66.3 cm³/mol. The molecular formula is C11H8N4OS. The van der Waals surface area contributed by atoms with Crippen LogP contribution in [0.2, 0.25) is 0 Å². The van der Waals surface area contributed by atoms with E-state index in [-0.39, 0.29) is 5.56 Å². The summed E-state index contributed by atoms with van der Waals surface area (Å²) in [5, 5.41) is 1.08. The first-order chi connectivity index (χ1) is 8.29. The summed E-state index contributed by atoms with van der Waals surface area (Å²) in [7, 11) is 0. The molecule has 0 radical (unpaired) electrons. The van der Waals surface area contributed by atoms with Crippen molar-refractivity contribution in [2.75, 3.05) is 6.26 Å². The summed E-state index contributed by atoms with van der Waals surface area (Å²) in [4.78, 5) is 24.2. The summed E-state index contributed by atoms with van der Waals surface area (Å²) in [6.45, 7) is 0. The zero-order valence-corrected chi connectivity index (χ0v) is 9.81. The molecule has 6 heteroatoms. The van der Waals surface area contributed by atoms with Crippen LogP contribution in [-0.2, 0) is 0 Å². The zero-order valence-electron chi connectivity index (χ0n) is 8.99. The first-order valence-electron chi connectivity index (χ1n) is 4.98. The number of hydrogen-bond acceptors (Lipinski definition) is 5. The zero-order chi connectivity index (χ0) is 11.8. The maximum absolute atomic E-state index is 11.8. The summed E-state index contributed by atoms with van der Waals surface area (Å²) < 4.78 is 1.79. The van der Waals surface area contributed by atoms with Gasteiger partial charge in [0.25, 0.3) is 5.56 Å². The van der Waals surface area contributed by atoms with Crippen LogP contribution in [0.25, 0.3) is 16.7 Å². The fourth-order valence-electron chi connectivity index (χ4n) is 1.66. The molecule has 3 rings (SSSR count). The lowest BCUT2D eigenvalue weighted by Gasteiger charge is -2.04. The molecule has 0 aliphatic rings. The van der Waals surface area contributed by atoms with Gasteiger partial charge in [-0.15, -0.1) is 0 Å². The highest BCUT2D eigenvalue weighted by atomic mass is 32.2. The Kier molecular flexibility index (Phi) is 2.29. The standard InChI is InChI=1S/C11H8N4OS/c1-17-11-12-6-7-9(14-11)15-5-3-2-4-8(15)13-10(7)16/h2-6H,1H3. The Hall–Kier alpha value is -1.95. The van der Waals surface area contributed by atoms with Crippen molar-refractivity contribution < 1.29 is 0 Å². The molecule has 0 aliphatic heterocycles. The Balaban J connectivity index is 2.57. The largest absolute Gasteiger partial charge is 0.285 e. The van der Waals surface area contributed by atoms with Crippen LogP contribution in [-0.4, -0.2) is 25.6 Å². The van der Waals surface area contributed by atoms with Gasteiger partial charge in [0, 0.05) is 12.4 Å². The monoisotopic (exact) mass is 244 g/mol. The molecule has 0 bridgehead atoms. The van der Waals surface area contributed by atoms with Crippen molar-refractivity contribution in [2.24, 2.45) is 0 Å². The van der Waals surface area contributed by atoms with Crippen molar-refractivity contribution in [1.29, 1.82) is 0 Å². The first kappa shape index (κ1) is 10.2. The van der Waals surface area contributed by atoms with Crippen molar-refractivity contribution >= 4 is 28.4 Å². The molecule has 0 saturated carbocycles. The highest BCUT2D eigenvalue weighted by Crippen LogP contribution is 2.13. The average molecular weight is 244 g/mol.